The fourth-order valence-corrected chi connectivity index (χ4v) is 1.56. The minimum absolute atomic E-state index is 0.0885. The maximum atomic E-state index is 9.24. The van der Waals surface area contributed by atoms with Gasteiger partial charge in [0.15, 0.2) is 0 Å². The highest BCUT2D eigenvalue weighted by Gasteiger charge is 2.10. The Morgan fingerprint density at radius 2 is 1.94 bits per heavy atom. The number of rotatable bonds is 3. The van der Waals surface area contributed by atoms with Gasteiger partial charge in [0, 0.05) is 5.56 Å². The summed E-state index contributed by atoms with van der Waals surface area (Å²) < 4.78 is 5.70. The lowest BCUT2D eigenvalue weighted by atomic mass is 10.2. The van der Waals surface area contributed by atoms with Gasteiger partial charge in [-0.3, -0.25) is 0 Å². The number of aliphatic hydroxyl groups excluding tert-OH is 1. The Morgan fingerprint density at radius 1 is 1.22 bits per heavy atom. The number of hydrogen-bond acceptors (Lipinski definition) is 5. The average Bonchev–Trinajstić information content (AvgIpc) is 2.36. The lowest BCUT2D eigenvalue weighted by Gasteiger charge is -2.12. The van der Waals surface area contributed by atoms with E-state index in [1.807, 2.05) is 12.1 Å². The van der Waals surface area contributed by atoms with Crippen molar-refractivity contribution < 1.29 is 9.84 Å². The van der Waals surface area contributed by atoms with E-state index in [9.17, 15) is 5.11 Å². The van der Waals surface area contributed by atoms with E-state index in [1.54, 1.807) is 26.0 Å². The van der Waals surface area contributed by atoms with Gasteiger partial charge in [0.1, 0.15) is 17.4 Å². The van der Waals surface area contributed by atoms with E-state index in [4.69, 9.17) is 10.5 Å². The number of ether oxygens (including phenoxy) is 1. The van der Waals surface area contributed by atoms with Crippen LogP contribution in [0.4, 0.5) is 5.82 Å². The number of para-hydroxylation sites is 1. The van der Waals surface area contributed by atoms with Crippen molar-refractivity contribution in [3.8, 4) is 11.6 Å². The summed E-state index contributed by atoms with van der Waals surface area (Å²) in [5.74, 6) is 1.94. The molecule has 0 radical (unpaired) electrons. The molecule has 0 unspecified atom stereocenters. The lowest BCUT2D eigenvalue weighted by molar-refractivity contribution is 0.276. The summed E-state index contributed by atoms with van der Waals surface area (Å²) in [4.78, 5) is 8.26. The molecule has 0 fully saturated rings. The number of aryl methyl sites for hydroxylation is 1. The Hall–Kier alpha value is -2.14. The van der Waals surface area contributed by atoms with E-state index in [-0.39, 0.29) is 6.61 Å². The molecule has 1 heterocycles. The van der Waals surface area contributed by atoms with Gasteiger partial charge in [0.05, 0.1) is 12.2 Å². The van der Waals surface area contributed by atoms with Gasteiger partial charge in [-0.2, -0.15) is 4.98 Å². The topological polar surface area (TPSA) is 81.3 Å². The maximum absolute atomic E-state index is 9.24. The molecule has 0 saturated carbocycles. The lowest BCUT2D eigenvalue weighted by Crippen LogP contribution is -2.03. The van der Waals surface area contributed by atoms with E-state index >= 15 is 0 Å². The normalized spacial score (nSPS) is 10.4. The first kappa shape index (κ1) is 12.3. The fourth-order valence-electron chi connectivity index (χ4n) is 1.56. The van der Waals surface area contributed by atoms with Crippen molar-refractivity contribution >= 4 is 5.82 Å². The molecule has 0 spiro atoms. The van der Waals surface area contributed by atoms with E-state index in [2.05, 4.69) is 9.97 Å². The van der Waals surface area contributed by atoms with Crippen LogP contribution in [0.25, 0.3) is 0 Å². The molecule has 2 rings (SSSR count). The molecule has 5 heteroatoms. The number of nitrogens with zero attached hydrogens (tertiary/aromatic N) is 2. The Morgan fingerprint density at radius 3 is 2.67 bits per heavy atom. The fraction of sp³-hybridized carbons (Fsp3) is 0.231. The van der Waals surface area contributed by atoms with Crippen molar-refractivity contribution in [2.45, 2.75) is 20.5 Å². The number of aromatic nitrogens is 2. The van der Waals surface area contributed by atoms with Gasteiger partial charge in [0.25, 0.3) is 0 Å². The second-order valence-corrected chi connectivity index (χ2v) is 3.95. The third kappa shape index (κ3) is 2.41. The largest absolute Gasteiger partial charge is 0.438 e. The van der Waals surface area contributed by atoms with Crippen LogP contribution in [-0.4, -0.2) is 15.1 Å². The summed E-state index contributed by atoms with van der Waals surface area (Å²) in [6.45, 7) is 3.46. The molecular formula is C13H15N3O2. The van der Waals surface area contributed by atoms with Gasteiger partial charge in [-0.1, -0.05) is 18.2 Å². The Bertz CT molecular complexity index is 570. The summed E-state index contributed by atoms with van der Waals surface area (Å²) >= 11 is 0. The van der Waals surface area contributed by atoms with Crippen LogP contribution in [0.1, 0.15) is 17.0 Å². The van der Waals surface area contributed by atoms with Gasteiger partial charge in [-0.25, -0.2) is 4.98 Å². The number of hydrogen-bond donors (Lipinski definition) is 2. The summed E-state index contributed by atoms with van der Waals surface area (Å²) in [6, 6.07) is 7.24. The highest BCUT2D eigenvalue weighted by Crippen LogP contribution is 2.28. The third-order valence-corrected chi connectivity index (χ3v) is 2.60. The van der Waals surface area contributed by atoms with Crippen molar-refractivity contribution in [2.75, 3.05) is 5.73 Å². The molecule has 0 aliphatic heterocycles. The second-order valence-electron chi connectivity index (χ2n) is 3.95. The smallest absolute Gasteiger partial charge is 0.227 e. The third-order valence-electron chi connectivity index (χ3n) is 2.60. The monoisotopic (exact) mass is 245 g/mol. The Balaban J connectivity index is 2.40. The molecule has 2 aromatic rings. The Labute approximate surface area is 105 Å². The zero-order valence-electron chi connectivity index (χ0n) is 10.3. The first-order valence-electron chi connectivity index (χ1n) is 5.59. The van der Waals surface area contributed by atoms with E-state index in [0.29, 0.717) is 34.4 Å². The van der Waals surface area contributed by atoms with E-state index in [0.717, 1.165) is 0 Å². The van der Waals surface area contributed by atoms with Crippen LogP contribution in [0, 0.1) is 13.8 Å². The quantitative estimate of drug-likeness (QED) is 0.863. The zero-order chi connectivity index (χ0) is 13.1. The molecule has 5 nitrogen and oxygen atoms in total. The van der Waals surface area contributed by atoms with Crippen LogP contribution in [0.3, 0.4) is 0 Å². The molecule has 1 aromatic carbocycles. The van der Waals surface area contributed by atoms with Gasteiger partial charge in [-0.15, -0.1) is 0 Å². The first-order valence-corrected chi connectivity index (χ1v) is 5.59. The molecule has 1 aromatic heterocycles. The second kappa shape index (κ2) is 5.01. The predicted octanol–water partition coefficient (Wildman–Crippen LogP) is 1.96. The molecule has 18 heavy (non-hydrogen) atoms. The van der Waals surface area contributed by atoms with Crippen LogP contribution >= 0.6 is 0 Å². The summed E-state index contributed by atoms with van der Waals surface area (Å²) in [5.41, 5.74) is 7.15. The van der Waals surface area contributed by atoms with Crippen molar-refractivity contribution in [3.63, 3.8) is 0 Å². The number of benzene rings is 1. The highest BCUT2D eigenvalue weighted by atomic mass is 16.5. The number of anilines is 1. The average molecular weight is 245 g/mol. The van der Waals surface area contributed by atoms with Crippen molar-refractivity contribution in [1.82, 2.24) is 9.97 Å². The van der Waals surface area contributed by atoms with Gasteiger partial charge in [0.2, 0.25) is 5.88 Å². The molecule has 0 atom stereocenters. The summed E-state index contributed by atoms with van der Waals surface area (Å²) in [7, 11) is 0. The number of nitrogens with two attached hydrogens (primary N) is 1. The van der Waals surface area contributed by atoms with Gasteiger partial charge in [-0.05, 0) is 19.9 Å². The van der Waals surface area contributed by atoms with Crippen LogP contribution < -0.4 is 10.5 Å². The highest BCUT2D eigenvalue weighted by molar-refractivity contribution is 5.46. The molecule has 0 amide bonds. The van der Waals surface area contributed by atoms with Crippen molar-refractivity contribution in [3.05, 3.63) is 41.2 Å². The van der Waals surface area contributed by atoms with Gasteiger partial charge < -0.3 is 15.6 Å². The standard InChI is InChI=1S/C13H15N3O2/c1-8-12(14)15-9(2)16-13(8)18-11-6-4-3-5-10(11)7-17/h3-6,17H,7H2,1-2H3,(H2,14,15,16). The van der Waals surface area contributed by atoms with Crippen LogP contribution in [-0.2, 0) is 6.61 Å². The maximum Gasteiger partial charge on any atom is 0.227 e. The summed E-state index contributed by atoms with van der Waals surface area (Å²) in [6.07, 6.45) is 0. The zero-order valence-corrected chi connectivity index (χ0v) is 10.3. The molecule has 0 aliphatic carbocycles. The first-order chi connectivity index (χ1) is 8.61. The van der Waals surface area contributed by atoms with E-state index < -0.39 is 0 Å². The number of nitrogen functional groups attached to an aromatic ring is 1. The van der Waals surface area contributed by atoms with Crippen molar-refractivity contribution in [1.29, 1.82) is 0 Å². The minimum Gasteiger partial charge on any atom is -0.438 e. The molecule has 0 aliphatic rings. The molecular weight excluding hydrogens is 230 g/mol. The summed E-state index contributed by atoms with van der Waals surface area (Å²) in [5, 5.41) is 9.24. The molecule has 3 N–H and O–H groups in total. The SMILES string of the molecule is Cc1nc(N)c(C)c(Oc2ccccc2CO)n1. The molecule has 94 valence electrons. The molecule has 0 saturated heterocycles. The van der Waals surface area contributed by atoms with E-state index in [1.165, 1.54) is 0 Å². The van der Waals surface area contributed by atoms with Crippen LogP contribution in [0.2, 0.25) is 0 Å². The Kier molecular flexibility index (Phi) is 3.43. The minimum atomic E-state index is -0.0885. The van der Waals surface area contributed by atoms with Crippen LogP contribution in [0.5, 0.6) is 11.6 Å². The van der Waals surface area contributed by atoms with Gasteiger partial charge >= 0.3 is 0 Å². The predicted molar refractivity (Wildman–Crippen MR) is 68.4 cm³/mol. The molecule has 0 bridgehead atoms. The van der Waals surface area contributed by atoms with Crippen LogP contribution in [0.15, 0.2) is 24.3 Å². The number of aliphatic hydroxyl groups is 1. The van der Waals surface area contributed by atoms with Crippen molar-refractivity contribution in [2.24, 2.45) is 0 Å².